The lowest BCUT2D eigenvalue weighted by Crippen LogP contribution is -2.16. The van der Waals surface area contributed by atoms with Gasteiger partial charge in [0.15, 0.2) is 0 Å². The predicted molar refractivity (Wildman–Crippen MR) is 73.9 cm³/mol. The number of pyridine rings is 1. The summed E-state index contributed by atoms with van der Waals surface area (Å²) in [7, 11) is 0. The predicted octanol–water partition coefficient (Wildman–Crippen LogP) is 3.19. The number of hydrogen-bond donors (Lipinski definition) is 2. The van der Waals surface area contributed by atoms with E-state index in [-0.39, 0.29) is 12.6 Å². The van der Waals surface area contributed by atoms with E-state index in [0.717, 1.165) is 16.8 Å². The van der Waals surface area contributed by atoms with Gasteiger partial charge in [-0.1, -0.05) is 17.7 Å². The summed E-state index contributed by atoms with van der Waals surface area (Å²) in [6, 6.07) is 9.18. The Morgan fingerprint density at radius 2 is 2.22 bits per heavy atom. The van der Waals surface area contributed by atoms with Crippen LogP contribution >= 0.6 is 11.6 Å². The standard InChI is InChI=1S/C14H15ClN2O/c1-10-5-6-16-8-13(10)14(9-18)17-12-4-2-3-11(15)7-12/h2-8,14,17-18H,9H2,1H3. The zero-order chi connectivity index (χ0) is 13.0. The maximum Gasteiger partial charge on any atom is 0.0762 e. The van der Waals surface area contributed by atoms with E-state index >= 15 is 0 Å². The summed E-state index contributed by atoms with van der Waals surface area (Å²) in [5.74, 6) is 0. The highest BCUT2D eigenvalue weighted by molar-refractivity contribution is 6.30. The Kier molecular flexibility index (Phi) is 4.18. The molecule has 0 aliphatic rings. The molecule has 0 saturated carbocycles. The highest BCUT2D eigenvalue weighted by Gasteiger charge is 2.12. The van der Waals surface area contributed by atoms with Crippen LogP contribution in [0, 0.1) is 6.92 Å². The third-order valence-electron chi connectivity index (χ3n) is 2.80. The molecule has 18 heavy (non-hydrogen) atoms. The van der Waals surface area contributed by atoms with Crippen molar-refractivity contribution in [2.75, 3.05) is 11.9 Å². The molecule has 1 unspecified atom stereocenters. The fourth-order valence-corrected chi connectivity index (χ4v) is 2.03. The van der Waals surface area contributed by atoms with E-state index in [9.17, 15) is 5.11 Å². The van der Waals surface area contributed by atoms with E-state index in [1.54, 1.807) is 12.4 Å². The number of nitrogens with one attached hydrogen (secondary N) is 1. The summed E-state index contributed by atoms with van der Waals surface area (Å²) in [4.78, 5) is 4.10. The van der Waals surface area contributed by atoms with Crippen LogP contribution in [0.1, 0.15) is 17.2 Å². The van der Waals surface area contributed by atoms with Crippen molar-refractivity contribution in [3.05, 3.63) is 58.9 Å². The zero-order valence-corrected chi connectivity index (χ0v) is 10.9. The van der Waals surface area contributed by atoms with E-state index < -0.39 is 0 Å². The molecule has 94 valence electrons. The van der Waals surface area contributed by atoms with Crippen LogP contribution in [0.15, 0.2) is 42.7 Å². The normalized spacial score (nSPS) is 12.2. The van der Waals surface area contributed by atoms with Crippen LogP contribution in [-0.4, -0.2) is 16.7 Å². The van der Waals surface area contributed by atoms with Crippen LogP contribution in [0.25, 0.3) is 0 Å². The van der Waals surface area contributed by atoms with Crippen molar-refractivity contribution >= 4 is 17.3 Å². The largest absolute Gasteiger partial charge is 0.394 e. The van der Waals surface area contributed by atoms with E-state index in [4.69, 9.17) is 11.6 Å². The minimum atomic E-state index is -0.183. The molecule has 0 radical (unpaired) electrons. The Hall–Kier alpha value is -1.58. The molecule has 1 atom stereocenters. The molecule has 1 heterocycles. The van der Waals surface area contributed by atoms with Crippen molar-refractivity contribution in [1.29, 1.82) is 0 Å². The Bertz CT molecular complexity index is 531. The van der Waals surface area contributed by atoms with Crippen LogP contribution in [0.4, 0.5) is 5.69 Å². The zero-order valence-electron chi connectivity index (χ0n) is 10.1. The molecule has 2 aromatic rings. The lowest BCUT2D eigenvalue weighted by atomic mass is 10.0. The van der Waals surface area contributed by atoms with Gasteiger partial charge in [-0.25, -0.2) is 0 Å². The van der Waals surface area contributed by atoms with E-state index in [1.165, 1.54) is 0 Å². The topological polar surface area (TPSA) is 45.2 Å². The smallest absolute Gasteiger partial charge is 0.0762 e. The molecule has 0 saturated heterocycles. The molecule has 1 aromatic carbocycles. The second-order valence-corrected chi connectivity index (χ2v) is 4.56. The van der Waals surface area contributed by atoms with Crippen LogP contribution in [0.5, 0.6) is 0 Å². The summed E-state index contributed by atoms with van der Waals surface area (Å²) < 4.78 is 0. The molecule has 0 fully saturated rings. The number of anilines is 1. The molecule has 1 aromatic heterocycles. The van der Waals surface area contributed by atoms with Crippen molar-refractivity contribution in [2.45, 2.75) is 13.0 Å². The van der Waals surface area contributed by atoms with Crippen LogP contribution in [-0.2, 0) is 0 Å². The first-order valence-electron chi connectivity index (χ1n) is 5.74. The summed E-state index contributed by atoms with van der Waals surface area (Å²) in [6.07, 6.45) is 3.51. The summed E-state index contributed by atoms with van der Waals surface area (Å²) >= 11 is 5.93. The average Bonchev–Trinajstić information content (AvgIpc) is 2.37. The van der Waals surface area contributed by atoms with Gasteiger partial charge in [-0.2, -0.15) is 0 Å². The molecule has 4 heteroatoms. The fraction of sp³-hybridized carbons (Fsp3) is 0.214. The monoisotopic (exact) mass is 262 g/mol. The SMILES string of the molecule is Cc1ccncc1C(CO)Nc1cccc(Cl)c1. The lowest BCUT2D eigenvalue weighted by Gasteiger charge is -2.19. The van der Waals surface area contributed by atoms with Gasteiger partial charge >= 0.3 is 0 Å². The summed E-state index contributed by atoms with van der Waals surface area (Å²) in [5.41, 5.74) is 2.96. The van der Waals surface area contributed by atoms with Gasteiger partial charge in [-0.3, -0.25) is 4.98 Å². The number of hydrogen-bond acceptors (Lipinski definition) is 3. The minimum Gasteiger partial charge on any atom is -0.394 e. The van der Waals surface area contributed by atoms with Gasteiger partial charge in [0, 0.05) is 23.1 Å². The second kappa shape index (κ2) is 5.85. The summed E-state index contributed by atoms with van der Waals surface area (Å²) in [6.45, 7) is 2.00. The molecule has 2 rings (SSSR count). The van der Waals surface area contributed by atoms with Crippen molar-refractivity contribution in [2.24, 2.45) is 0 Å². The molecule has 0 amide bonds. The Balaban J connectivity index is 2.23. The number of aliphatic hydroxyl groups is 1. The Morgan fingerprint density at radius 1 is 1.39 bits per heavy atom. The molecule has 0 bridgehead atoms. The molecule has 0 aliphatic carbocycles. The van der Waals surface area contributed by atoms with Gasteiger partial charge < -0.3 is 10.4 Å². The van der Waals surface area contributed by atoms with Crippen LogP contribution in [0.3, 0.4) is 0 Å². The average molecular weight is 263 g/mol. The van der Waals surface area contributed by atoms with Crippen molar-refractivity contribution in [3.8, 4) is 0 Å². The number of nitrogens with zero attached hydrogens (tertiary/aromatic N) is 1. The number of benzene rings is 1. The maximum atomic E-state index is 9.51. The Labute approximate surface area is 111 Å². The third kappa shape index (κ3) is 3.00. The van der Waals surface area contributed by atoms with Crippen LogP contribution < -0.4 is 5.32 Å². The molecular weight excluding hydrogens is 248 g/mol. The maximum absolute atomic E-state index is 9.51. The van der Waals surface area contributed by atoms with E-state index in [2.05, 4.69) is 10.3 Å². The number of aryl methyl sites for hydroxylation is 1. The van der Waals surface area contributed by atoms with Gasteiger partial charge in [0.1, 0.15) is 0 Å². The molecule has 0 spiro atoms. The third-order valence-corrected chi connectivity index (χ3v) is 3.04. The van der Waals surface area contributed by atoms with Crippen molar-refractivity contribution in [1.82, 2.24) is 4.98 Å². The lowest BCUT2D eigenvalue weighted by molar-refractivity contribution is 0.276. The second-order valence-electron chi connectivity index (χ2n) is 4.12. The van der Waals surface area contributed by atoms with Crippen molar-refractivity contribution < 1.29 is 5.11 Å². The molecule has 3 nitrogen and oxygen atoms in total. The van der Waals surface area contributed by atoms with E-state index in [0.29, 0.717) is 5.02 Å². The Morgan fingerprint density at radius 3 is 2.89 bits per heavy atom. The summed E-state index contributed by atoms with van der Waals surface area (Å²) in [5, 5.41) is 13.4. The highest BCUT2D eigenvalue weighted by atomic mass is 35.5. The van der Waals surface area contributed by atoms with Gasteiger partial charge in [0.05, 0.1) is 12.6 Å². The number of halogens is 1. The van der Waals surface area contributed by atoms with Crippen LogP contribution in [0.2, 0.25) is 5.02 Å². The fourth-order valence-electron chi connectivity index (χ4n) is 1.84. The first-order valence-corrected chi connectivity index (χ1v) is 6.12. The van der Waals surface area contributed by atoms with Gasteiger partial charge in [0.25, 0.3) is 0 Å². The van der Waals surface area contributed by atoms with Crippen molar-refractivity contribution in [3.63, 3.8) is 0 Å². The minimum absolute atomic E-state index is 0.000946. The number of rotatable bonds is 4. The number of aromatic nitrogens is 1. The van der Waals surface area contributed by atoms with E-state index in [1.807, 2.05) is 37.3 Å². The van der Waals surface area contributed by atoms with Gasteiger partial charge in [-0.05, 0) is 42.3 Å². The first-order chi connectivity index (χ1) is 8.70. The first kappa shape index (κ1) is 12.9. The quantitative estimate of drug-likeness (QED) is 0.890. The molecule has 0 aliphatic heterocycles. The molecule has 2 N–H and O–H groups in total. The molecular formula is C14H15ClN2O. The van der Waals surface area contributed by atoms with Gasteiger partial charge in [-0.15, -0.1) is 0 Å². The number of aliphatic hydroxyl groups excluding tert-OH is 1. The van der Waals surface area contributed by atoms with Gasteiger partial charge in [0.2, 0.25) is 0 Å². The highest BCUT2D eigenvalue weighted by Crippen LogP contribution is 2.23.